The number of rotatable bonds is 3. The standard InChI is InChI=1S/C7H8N4O3/c1-4(2)5(12)14-7(6(8)13)3-9-11-10-7/h3H,1H2,2H3,(H2,8,13). The fourth-order valence-corrected chi connectivity index (χ4v) is 0.661. The maximum Gasteiger partial charge on any atom is 0.339 e. The van der Waals surface area contributed by atoms with Crippen molar-refractivity contribution in [2.45, 2.75) is 12.6 Å². The van der Waals surface area contributed by atoms with Gasteiger partial charge in [0.1, 0.15) is 6.21 Å². The molecule has 1 aliphatic heterocycles. The molecule has 0 aromatic rings. The Bertz CT molecular complexity index is 346. The molecule has 74 valence electrons. The van der Waals surface area contributed by atoms with E-state index in [0.717, 1.165) is 6.21 Å². The van der Waals surface area contributed by atoms with Crippen LogP contribution in [-0.4, -0.2) is 23.8 Å². The van der Waals surface area contributed by atoms with E-state index in [2.05, 4.69) is 22.0 Å². The van der Waals surface area contributed by atoms with E-state index in [4.69, 9.17) is 10.5 Å². The molecule has 1 rings (SSSR count). The van der Waals surface area contributed by atoms with Crippen LogP contribution in [0.15, 0.2) is 27.6 Å². The number of hydrogen-bond donors (Lipinski definition) is 1. The normalized spacial score (nSPS) is 23.5. The van der Waals surface area contributed by atoms with E-state index < -0.39 is 17.6 Å². The second-order valence-electron chi connectivity index (χ2n) is 2.66. The summed E-state index contributed by atoms with van der Waals surface area (Å²) in [4.78, 5) is 22.1. The Morgan fingerprint density at radius 1 is 1.57 bits per heavy atom. The van der Waals surface area contributed by atoms with Crippen LogP contribution in [0.3, 0.4) is 0 Å². The first kappa shape index (κ1) is 10.0. The second-order valence-corrected chi connectivity index (χ2v) is 2.66. The summed E-state index contributed by atoms with van der Waals surface area (Å²) in [6.07, 6.45) is 0.955. The van der Waals surface area contributed by atoms with Crippen molar-refractivity contribution in [2.75, 3.05) is 0 Å². The fourth-order valence-electron chi connectivity index (χ4n) is 0.661. The Morgan fingerprint density at radius 2 is 2.21 bits per heavy atom. The van der Waals surface area contributed by atoms with Crippen LogP contribution >= 0.6 is 0 Å². The van der Waals surface area contributed by atoms with Crippen molar-refractivity contribution in [3.05, 3.63) is 12.2 Å². The molecule has 1 heterocycles. The molecular weight excluding hydrogens is 188 g/mol. The molecule has 0 aromatic heterocycles. The number of amides is 1. The lowest BCUT2D eigenvalue weighted by Gasteiger charge is -2.17. The van der Waals surface area contributed by atoms with Crippen LogP contribution in [0.2, 0.25) is 0 Å². The van der Waals surface area contributed by atoms with E-state index in [0.29, 0.717) is 0 Å². The second kappa shape index (κ2) is 3.36. The lowest BCUT2D eigenvalue weighted by molar-refractivity contribution is -0.155. The van der Waals surface area contributed by atoms with Gasteiger partial charge in [-0.3, -0.25) is 4.79 Å². The van der Waals surface area contributed by atoms with Gasteiger partial charge >= 0.3 is 11.7 Å². The molecule has 0 aromatic carbocycles. The summed E-state index contributed by atoms with van der Waals surface area (Å²) in [5, 5.41) is 9.79. The Kier molecular flexibility index (Phi) is 2.41. The minimum Gasteiger partial charge on any atom is -0.417 e. The molecule has 0 spiro atoms. The number of nitrogens with two attached hydrogens (primary N) is 1. The summed E-state index contributed by atoms with van der Waals surface area (Å²) in [6.45, 7) is 4.77. The maximum absolute atomic E-state index is 11.1. The van der Waals surface area contributed by atoms with Crippen LogP contribution < -0.4 is 5.73 Å². The van der Waals surface area contributed by atoms with Crippen molar-refractivity contribution < 1.29 is 14.3 Å². The van der Waals surface area contributed by atoms with Gasteiger partial charge in [-0.1, -0.05) is 6.58 Å². The summed E-state index contributed by atoms with van der Waals surface area (Å²) in [5.41, 5.74) is 3.21. The molecule has 0 aliphatic carbocycles. The Hall–Kier alpha value is -2.05. The number of primary amides is 1. The molecule has 1 amide bonds. The van der Waals surface area contributed by atoms with E-state index in [1.54, 1.807) is 0 Å². The zero-order chi connectivity index (χ0) is 10.8. The minimum absolute atomic E-state index is 0.126. The molecule has 0 saturated carbocycles. The van der Waals surface area contributed by atoms with Crippen LogP contribution in [0, 0.1) is 0 Å². The number of carbonyl (C=O) groups excluding carboxylic acids is 2. The van der Waals surface area contributed by atoms with Gasteiger partial charge in [0.15, 0.2) is 0 Å². The molecule has 7 nitrogen and oxygen atoms in total. The molecule has 0 saturated heterocycles. The summed E-state index contributed by atoms with van der Waals surface area (Å²) in [5.74, 6) is -1.74. The molecule has 1 atom stereocenters. The predicted octanol–water partition coefficient (Wildman–Crippen LogP) is -0.261. The van der Waals surface area contributed by atoms with Gasteiger partial charge in [-0.15, -0.1) is 10.2 Å². The smallest absolute Gasteiger partial charge is 0.339 e. The third kappa shape index (κ3) is 1.65. The highest BCUT2D eigenvalue weighted by Crippen LogP contribution is 2.17. The Labute approximate surface area is 79.3 Å². The van der Waals surface area contributed by atoms with Gasteiger partial charge in [0.25, 0.3) is 5.91 Å². The summed E-state index contributed by atoms with van der Waals surface area (Å²) < 4.78 is 4.70. The van der Waals surface area contributed by atoms with Crippen molar-refractivity contribution in [3.8, 4) is 0 Å². The van der Waals surface area contributed by atoms with E-state index >= 15 is 0 Å². The van der Waals surface area contributed by atoms with Gasteiger partial charge in [0.05, 0.1) is 0 Å². The lowest BCUT2D eigenvalue weighted by atomic mass is 10.2. The van der Waals surface area contributed by atoms with Crippen LogP contribution in [0.25, 0.3) is 0 Å². The molecule has 0 radical (unpaired) electrons. The monoisotopic (exact) mass is 196 g/mol. The number of nitrogens with zero attached hydrogens (tertiary/aromatic N) is 3. The zero-order valence-corrected chi connectivity index (χ0v) is 7.43. The van der Waals surface area contributed by atoms with Gasteiger partial charge < -0.3 is 10.5 Å². The van der Waals surface area contributed by atoms with Gasteiger partial charge in [-0.2, -0.15) is 0 Å². The largest absolute Gasteiger partial charge is 0.417 e. The van der Waals surface area contributed by atoms with Gasteiger partial charge in [-0.25, -0.2) is 4.79 Å². The Morgan fingerprint density at radius 3 is 2.57 bits per heavy atom. The van der Waals surface area contributed by atoms with E-state index in [1.165, 1.54) is 6.92 Å². The van der Waals surface area contributed by atoms with E-state index in [9.17, 15) is 9.59 Å². The average molecular weight is 196 g/mol. The highest BCUT2D eigenvalue weighted by atomic mass is 16.6. The lowest BCUT2D eigenvalue weighted by Crippen LogP contribution is -2.46. The molecular formula is C7H8N4O3. The van der Waals surface area contributed by atoms with Crippen LogP contribution in [-0.2, 0) is 14.3 Å². The average Bonchev–Trinajstić information content (AvgIpc) is 2.53. The van der Waals surface area contributed by atoms with E-state index in [1.807, 2.05) is 0 Å². The highest BCUT2D eigenvalue weighted by molar-refractivity contribution is 6.04. The highest BCUT2D eigenvalue weighted by Gasteiger charge is 2.42. The third-order valence-corrected chi connectivity index (χ3v) is 1.43. The minimum atomic E-state index is -1.91. The predicted molar refractivity (Wildman–Crippen MR) is 46.2 cm³/mol. The zero-order valence-electron chi connectivity index (χ0n) is 7.43. The summed E-state index contributed by atoms with van der Waals surface area (Å²) in [6, 6.07) is 0. The van der Waals surface area contributed by atoms with E-state index in [-0.39, 0.29) is 5.57 Å². The molecule has 14 heavy (non-hydrogen) atoms. The number of carbonyl (C=O) groups is 2. The molecule has 7 heteroatoms. The molecule has 1 unspecified atom stereocenters. The topological polar surface area (TPSA) is 106 Å². The fraction of sp³-hybridized carbons (Fsp3) is 0.286. The first-order chi connectivity index (χ1) is 6.48. The Balaban J connectivity index is 2.87. The molecule has 2 N–H and O–H groups in total. The quantitative estimate of drug-likeness (QED) is 0.496. The number of ether oxygens (including phenoxy) is 1. The first-order valence-corrected chi connectivity index (χ1v) is 3.63. The van der Waals surface area contributed by atoms with Gasteiger partial charge in [-0.05, 0) is 12.1 Å². The summed E-state index contributed by atoms with van der Waals surface area (Å²) >= 11 is 0. The molecule has 0 bridgehead atoms. The third-order valence-electron chi connectivity index (χ3n) is 1.43. The first-order valence-electron chi connectivity index (χ1n) is 3.63. The van der Waals surface area contributed by atoms with Crippen molar-refractivity contribution >= 4 is 18.1 Å². The van der Waals surface area contributed by atoms with Crippen molar-refractivity contribution in [2.24, 2.45) is 21.2 Å². The number of esters is 1. The van der Waals surface area contributed by atoms with Crippen LogP contribution in [0.1, 0.15) is 6.92 Å². The molecule has 0 fully saturated rings. The van der Waals surface area contributed by atoms with Gasteiger partial charge in [0.2, 0.25) is 0 Å². The molecule has 1 aliphatic rings. The SMILES string of the molecule is C=C(C)C(=O)OC1(C(N)=O)C=NN=N1. The van der Waals surface area contributed by atoms with Crippen molar-refractivity contribution in [3.63, 3.8) is 0 Å². The number of hydrogen-bond acceptors (Lipinski definition) is 6. The van der Waals surface area contributed by atoms with Crippen LogP contribution in [0.4, 0.5) is 0 Å². The van der Waals surface area contributed by atoms with Crippen molar-refractivity contribution in [1.29, 1.82) is 0 Å². The maximum atomic E-state index is 11.1. The van der Waals surface area contributed by atoms with Crippen molar-refractivity contribution in [1.82, 2.24) is 0 Å². The van der Waals surface area contributed by atoms with Crippen LogP contribution in [0.5, 0.6) is 0 Å². The van der Waals surface area contributed by atoms with Gasteiger partial charge in [0, 0.05) is 5.57 Å². The summed E-state index contributed by atoms with van der Waals surface area (Å²) in [7, 11) is 0.